The molecule has 0 aliphatic heterocycles. The quantitative estimate of drug-likeness (QED) is 0.0767. The van der Waals surface area contributed by atoms with Gasteiger partial charge in [-0.3, -0.25) is 9.13 Å². The van der Waals surface area contributed by atoms with Gasteiger partial charge in [-0.25, -0.2) is 0 Å². The number of imidazole rings is 1. The SMILES string of the molecule is [2H]c1c([2H])c([2H])c(-c2cccc(-c3c([2H])c([2H])c([2H])c([2H])c3[2H])c2-[n+]2[c-]n(-c3cccc(Oc4cccc(-c5ccccc5P(c5ccccc5)c5ccccc5)c4)c3)c3ccccc32)c([2H])c1[2H]. The molecule has 0 spiro atoms. The molecule has 1 aromatic heterocycles. The first-order valence-electron chi connectivity index (χ1n) is 24.0. The molecule has 0 saturated heterocycles. The van der Waals surface area contributed by atoms with E-state index in [0.29, 0.717) is 28.2 Å². The first kappa shape index (κ1) is 26.6. The summed E-state index contributed by atoms with van der Waals surface area (Å²) in [6.45, 7) is 0. The van der Waals surface area contributed by atoms with E-state index < -0.39 is 68.3 Å². The van der Waals surface area contributed by atoms with Crippen molar-refractivity contribution in [2.24, 2.45) is 0 Å². The molecular formula is C55H39N2OP. The van der Waals surface area contributed by atoms with Crippen LogP contribution < -0.4 is 25.2 Å². The minimum Gasteiger partial charge on any atom is -0.458 e. The minimum atomic E-state index is -0.889. The van der Waals surface area contributed by atoms with Crippen LogP contribution in [0.25, 0.3) is 55.8 Å². The van der Waals surface area contributed by atoms with E-state index >= 15 is 0 Å². The van der Waals surface area contributed by atoms with E-state index in [9.17, 15) is 0 Å². The van der Waals surface area contributed by atoms with Gasteiger partial charge in [0.05, 0.1) is 36.1 Å². The molecule has 9 aromatic carbocycles. The highest BCUT2D eigenvalue weighted by Crippen LogP contribution is 2.39. The van der Waals surface area contributed by atoms with Gasteiger partial charge in [-0.05, 0) is 87.5 Å². The van der Waals surface area contributed by atoms with Crippen molar-refractivity contribution in [3.8, 4) is 56.3 Å². The minimum absolute atomic E-state index is 0.125. The van der Waals surface area contributed by atoms with Crippen LogP contribution in [0.2, 0.25) is 0 Å². The molecule has 59 heavy (non-hydrogen) atoms. The highest BCUT2D eigenvalue weighted by Gasteiger charge is 2.22. The maximum absolute atomic E-state index is 9.00. The molecule has 0 fully saturated rings. The molecule has 0 atom stereocenters. The van der Waals surface area contributed by atoms with Crippen molar-refractivity contribution < 1.29 is 23.0 Å². The first-order chi connectivity index (χ1) is 33.4. The molecule has 0 N–H and O–H groups in total. The standard InChI is InChI=1S/C55H39N2OP/c1-5-20-41(21-6-1)50-33-19-34-51(42-22-7-2-8-23-42)55(50)57-40-56(52-35-14-15-36-53(52)57)44-25-18-27-46(39-44)58-45-26-17-24-43(38-45)49-32-13-16-37-54(49)59(47-28-9-3-10-29-47)48-30-11-4-12-31-48/h1-39H/i1D,2D,5D,6D,7D,8D,20D,21D,22D,23D. The average molecular weight is 785 g/mol. The number of hydrogen-bond acceptors (Lipinski definition) is 1. The molecule has 10 aromatic rings. The van der Waals surface area contributed by atoms with Crippen LogP contribution in [0.4, 0.5) is 0 Å². The number of para-hydroxylation sites is 3. The number of nitrogens with zero attached hydrogens (tertiary/aromatic N) is 2. The molecule has 0 saturated carbocycles. The van der Waals surface area contributed by atoms with E-state index in [4.69, 9.17) is 18.4 Å². The fraction of sp³-hybridized carbons (Fsp3) is 0. The smallest absolute Gasteiger partial charge is 0.269 e. The average Bonchev–Trinajstić information content (AvgIpc) is 3.77. The second kappa shape index (κ2) is 16.3. The summed E-state index contributed by atoms with van der Waals surface area (Å²) in [6, 6.07) is 52.2. The zero-order chi connectivity index (χ0) is 48.1. The molecule has 280 valence electrons. The third-order valence-corrected chi connectivity index (χ3v) is 12.5. The fourth-order valence-electron chi connectivity index (χ4n) is 7.42. The molecule has 3 nitrogen and oxygen atoms in total. The van der Waals surface area contributed by atoms with Crippen molar-refractivity contribution in [2.45, 2.75) is 0 Å². The predicted octanol–water partition coefficient (Wildman–Crippen LogP) is 12.3. The van der Waals surface area contributed by atoms with Gasteiger partial charge in [-0.1, -0.05) is 206 Å². The largest absolute Gasteiger partial charge is 0.458 e. The van der Waals surface area contributed by atoms with Gasteiger partial charge in [-0.2, -0.15) is 0 Å². The summed E-state index contributed by atoms with van der Waals surface area (Å²) in [5, 5.41) is 3.71. The maximum Gasteiger partial charge on any atom is 0.269 e. The molecule has 0 radical (unpaired) electrons. The molecule has 1 heterocycles. The normalized spacial score (nSPS) is 13.6. The highest BCUT2D eigenvalue weighted by atomic mass is 31.1. The summed E-state index contributed by atoms with van der Waals surface area (Å²) in [5.74, 6) is 1.15. The Morgan fingerprint density at radius 2 is 1.02 bits per heavy atom. The van der Waals surface area contributed by atoms with Crippen LogP contribution in [0.3, 0.4) is 0 Å². The van der Waals surface area contributed by atoms with E-state index in [2.05, 4.69) is 85.2 Å². The van der Waals surface area contributed by atoms with Crippen molar-refractivity contribution in [3.63, 3.8) is 0 Å². The zero-order valence-corrected chi connectivity index (χ0v) is 32.4. The molecule has 10 rings (SSSR count). The molecule has 4 heteroatoms. The van der Waals surface area contributed by atoms with Crippen molar-refractivity contribution in [2.75, 3.05) is 0 Å². The van der Waals surface area contributed by atoms with E-state index in [1.807, 2.05) is 78.9 Å². The van der Waals surface area contributed by atoms with Crippen molar-refractivity contribution in [1.29, 1.82) is 0 Å². The lowest BCUT2D eigenvalue weighted by Gasteiger charge is -2.22. The van der Waals surface area contributed by atoms with Crippen molar-refractivity contribution in [1.82, 2.24) is 4.57 Å². The number of fused-ring (bicyclic) bond motifs is 1. The number of ether oxygens (including phenoxy) is 1. The van der Waals surface area contributed by atoms with Crippen LogP contribution in [0.15, 0.2) is 236 Å². The first-order valence-corrected chi connectivity index (χ1v) is 20.4. The third-order valence-electron chi connectivity index (χ3n) is 9.99. The molecular weight excluding hydrogens is 736 g/mol. The molecule has 0 unspecified atom stereocenters. The predicted molar refractivity (Wildman–Crippen MR) is 245 cm³/mol. The number of hydrogen-bond donors (Lipinski definition) is 0. The Morgan fingerprint density at radius 3 is 1.69 bits per heavy atom. The summed E-state index contributed by atoms with van der Waals surface area (Å²) >= 11 is 0. The van der Waals surface area contributed by atoms with Crippen LogP contribution in [0.1, 0.15) is 13.7 Å². The summed E-state index contributed by atoms with van der Waals surface area (Å²) in [4.78, 5) is 0. The Bertz CT molecular complexity index is 3440. The fourth-order valence-corrected chi connectivity index (χ4v) is 9.89. The summed E-state index contributed by atoms with van der Waals surface area (Å²) < 4.78 is 96.9. The third kappa shape index (κ3) is 7.25. The Labute approximate surface area is 360 Å². The molecule has 0 aliphatic carbocycles. The number of aromatic nitrogens is 2. The zero-order valence-electron chi connectivity index (χ0n) is 41.5. The number of benzene rings is 9. The number of rotatable bonds is 10. The Morgan fingerprint density at radius 1 is 0.475 bits per heavy atom. The molecule has 0 amide bonds. The maximum atomic E-state index is 9.00. The van der Waals surface area contributed by atoms with Crippen LogP contribution in [0.5, 0.6) is 11.5 Å². The molecule has 0 bridgehead atoms. The topological polar surface area (TPSA) is 18.0 Å². The van der Waals surface area contributed by atoms with E-state index in [1.165, 1.54) is 15.9 Å². The van der Waals surface area contributed by atoms with Crippen LogP contribution >= 0.6 is 7.92 Å². The lowest BCUT2D eigenvalue weighted by Crippen LogP contribution is -2.31. The Hall–Kier alpha value is -7.32. The van der Waals surface area contributed by atoms with Gasteiger partial charge in [0.1, 0.15) is 11.5 Å². The second-order valence-corrected chi connectivity index (χ2v) is 15.8. The Balaban J connectivity index is 1.10. The van der Waals surface area contributed by atoms with E-state index in [0.717, 1.165) is 11.1 Å². The van der Waals surface area contributed by atoms with Gasteiger partial charge < -0.3 is 4.74 Å². The lowest BCUT2D eigenvalue weighted by molar-refractivity contribution is -0.571. The van der Waals surface area contributed by atoms with Crippen LogP contribution in [0, 0.1) is 6.33 Å². The van der Waals surface area contributed by atoms with Gasteiger partial charge in [0.2, 0.25) is 0 Å². The summed E-state index contributed by atoms with van der Waals surface area (Å²) in [6.07, 6.45) is 3.44. The van der Waals surface area contributed by atoms with Gasteiger partial charge in [-0.15, -0.1) is 0 Å². The molecule has 0 aliphatic rings. The Kier molecular flexibility index (Phi) is 7.33. The second-order valence-electron chi connectivity index (χ2n) is 13.6. The van der Waals surface area contributed by atoms with Crippen molar-refractivity contribution >= 4 is 34.9 Å². The summed E-state index contributed by atoms with van der Waals surface area (Å²) in [5.41, 5.74) is 4.23. The van der Waals surface area contributed by atoms with Gasteiger partial charge in [0.15, 0.2) is 0 Å². The van der Waals surface area contributed by atoms with Gasteiger partial charge >= 0.3 is 0 Å². The highest BCUT2D eigenvalue weighted by molar-refractivity contribution is 7.80. The van der Waals surface area contributed by atoms with Gasteiger partial charge in [0.25, 0.3) is 6.33 Å². The van der Waals surface area contributed by atoms with Gasteiger partial charge in [0, 0.05) is 0 Å². The van der Waals surface area contributed by atoms with E-state index in [-0.39, 0.29) is 27.9 Å². The van der Waals surface area contributed by atoms with Crippen molar-refractivity contribution in [3.05, 3.63) is 243 Å². The van der Waals surface area contributed by atoms with Crippen LogP contribution in [-0.2, 0) is 0 Å². The van der Waals surface area contributed by atoms with E-state index in [1.54, 1.807) is 27.3 Å². The summed E-state index contributed by atoms with van der Waals surface area (Å²) in [7, 11) is -0.889. The monoisotopic (exact) mass is 784 g/mol. The van der Waals surface area contributed by atoms with Crippen LogP contribution in [-0.4, -0.2) is 4.57 Å². The lowest BCUT2D eigenvalue weighted by atomic mass is 9.95.